The maximum absolute atomic E-state index is 6.17. The minimum Gasteiger partial charge on any atom is -0.472 e. The predicted molar refractivity (Wildman–Crippen MR) is 90.8 cm³/mol. The molecule has 122 valence electrons. The molecular weight excluding hydrogens is 308 g/mol. The predicted octanol–water partition coefficient (Wildman–Crippen LogP) is 3.35. The fourth-order valence-electron chi connectivity index (χ4n) is 3.57. The van der Waals surface area contributed by atoms with Gasteiger partial charge in [0.25, 0.3) is 0 Å². The Kier molecular flexibility index (Phi) is 4.33. The van der Waals surface area contributed by atoms with E-state index in [4.69, 9.17) is 9.47 Å². The van der Waals surface area contributed by atoms with Gasteiger partial charge in [0.05, 0.1) is 12.2 Å². The van der Waals surface area contributed by atoms with Gasteiger partial charge >= 0.3 is 0 Å². The smallest absolute Gasteiger partial charge is 0.213 e. The van der Waals surface area contributed by atoms with Crippen LogP contribution in [-0.2, 0) is 11.3 Å². The summed E-state index contributed by atoms with van der Waals surface area (Å²) >= 11 is 1.77. The van der Waals surface area contributed by atoms with Gasteiger partial charge < -0.3 is 9.47 Å². The second kappa shape index (κ2) is 6.59. The van der Waals surface area contributed by atoms with E-state index in [1.54, 1.807) is 17.5 Å². The number of aromatic nitrogens is 1. The van der Waals surface area contributed by atoms with Crippen LogP contribution in [0.1, 0.15) is 24.8 Å². The Labute approximate surface area is 141 Å². The molecule has 4 heterocycles. The van der Waals surface area contributed by atoms with Crippen LogP contribution in [0.2, 0.25) is 0 Å². The molecule has 0 amide bonds. The summed E-state index contributed by atoms with van der Waals surface area (Å²) in [5, 5.41) is 4.40. The number of pyridine rings is 1. The number of likely N-dealkylation sites (tertiary alicyclic amines) is 1. The summed E-state index contributed by atoms with van der Waals surface area (Å²) < 4.78 is 12.1. The Balaban J connectivity index is 1.29. The topological polar surface area (TPSA) is 34.6 Å². The van der Waals surface area contributed by atoms with Crippen LogP contribution < -0.4 is 4.74 Å². The first kappa shape index (κ1) is 15.1. The highest BCUT2D eigenvalue weighted by molar-refractivity contribution is 7.07. The van der Waals surface area contributed by atoms with Gasteiger partial charge in [-0.1, -0.05) is 6.07 Å². The molecule has 0 aliphatic carbocycles. The number of rotatable bonds is 4. The third-order valence-electron chi connectivity index (χ3n) is 4.85. The van der Waals surface area contributed by atoms with Gasteiger partial charge in [-0.25, -0.2) is 4.98 Å². The highest BCUT2D eigenvalue weighted by Gasteiger charge is 2.43. The molecule has 4 rings (SSSR count). The van der Waals surface area contributed by atoms with E-state index in [1.165, 1.54) is 5.56 Å². The van der Waals surface area contributed by atoms with E-state index in [9.17, 15) is 0 Å². The van der Waals surface area contributed by atoms with Crippen molar-refractivity contribution in [1.29, 1.82) is 0 Å². The van der Waals surface area contributed by atoms with Crippen molar-refractivity contribution in [2.45, 2.75) is 37.5 Å². The molecule has 4 nitrogen and oxygen atoms in total. The first-order chi connectivity index (χ1) is 11.3. The van der Waals surface area contributed by atoms with E-state index in [-0.39, 0.29) is 11.7 Å². The minimum absolute atomic E-state index is 0.0184. The first-order valence-corrected chi connectivity index (χ1v) is 9.21. The Morgan fingerprint density at radius 1 is 1.30 bits per heavy atom. The average molecular weight is 330 g/mol. The largest absolute Gasteiger partial charge is 0.472 e. The maximum atomic E-state index is 6.17. The fourth-order valence-corrected chi connectivity index (χ4v) is 4.23. The van der Waals surface area contributed by atoms with Gasteiger partial charge in [0.2, 0.25) is 5.88 Å². The van der Waals surface area contributed by atoms with E-state index in [1.807, 2.05) is 18.2 Å². The van der Waals surface area contributed by atoms with Gasteiger partial charge in [-0.05, 0) is 41.3 Å². The maximum Gasteiger partial charge on any atom is 0.213 e. The van der Waals surface area contributed by atoms with Gasteiger partial charge in [-0.2, -0.15) is 11.3 Å². The first-order valence-electron chi connectivity index (χ1n) is 8.26. The van der Waals surface area contributed by atoms with Crippen LogP contribution >= 0.6 is 11.3 Å². The second-order valence-electron chi connectivity index (χ2n) is 6.51. The van der Waals surface area contributed by atoms with Crippen molar-refractivity contribution in [2.75, 3.05) is 19.7 Å². The lowest BCUT2D eigenvalue weighted by atomic mass is 9.88. The standard InChI is InChI=1S/C18H22N2O2S/c1-2-7-19-17(3-1)22-16-11-18(21-13-16)5-8-20(9-6-18)12-15-4-10-23-14-15/h1-4,7,10,14,16H,5-6,8-9,11-13H2/t16-/m1/s1. The number of thiophene rings is 1. The van der Waals surface area contributed by atoms with Crippen LogP contribution in [0.5, 0.6) is 5.88 Å². The van der Waals surface area contributed by atoms with Gasteiger partial charge in [-0.3, -0.25) is 4.90 Å². The van der Waals surface area contributed by atoms with E-state index >= 15 is 0 Å². The molecule has 2 saturated heterocycles. The summed E-state index contributed by atoms with van der Waals surface area (Å²) in [6.07, 6.45) is 5.08. The molecule has 2 aromatic rings. The van der Waals surface area contributed by atoms with Gasteiger partial charge in [0.1, 0.15) is 6.10 Å². The van der Waals surface area contributed by atoms with Crippen LogP contribution in [0, 0.1) is 0 Å². The van der Waals surface area contributed by atoms with Crippen molar-refractivity contribution in [3.63, 3.8) is 0 Å². The molecule has 2 fully saturated rings. The number of nitrogens with zero attached hydrogens (tertiary/aromatic N) is 2. The van der Waals surface area contributed by atoms with E-state index in [0.29, 0.717) is 12.5 Å². The highest BCUT2D eigenvalue weighted by Crippen LogP contribution is 2.37. The fraction of sp³-hybridized carbons (Fsp3) is 0.500. The quantitative estimate of drug-likeness (QED) is 0.861. The zero-order valence-corrected chi connectivity index (χ0v) is 14.0. The Morgan fingerprint density at radius 3 is 2.96 bits per heavy atom. The molecule has 2 aromatic heterocycles. The normalized spacial score (nSPS) is 24.1. The molecule has 0 N–H and O–H groups in total. The average Bonchev–Trinajstić information content (AvgIpc) is 3.22. The van der Waals surface area contributed by atoms with Crippen LogP contribution in [0.4, 0.5) is 0 Å². The number of hydrogen-bond acceptors (Lipinski definition) is 5. The van der Waals surface area contributed by atoms with Crippen molar-refractivity contribution in [1.82, 2.24) is 9.88 Å². The van der Waals surface area contributed by atoms with Crippen LogP contribution in [0.3, 0.4) is 0 Å². The summed E-state index contributed by atoms with van der Waals surface area (Å²) in [7, 11) is 0. The lowest BCUT2D eigenvalue weighted by molar-refractivity contribution is -0.0454. The molecule has 0 unspecified atom stereocenters. The lowest BCUT2D eigenvalue weighted by Gasteiger charge is -2.38. The van der Waals surface area contributed by atoms with E-state index in [2.05, 4.69) is 26.7 Å². The SMILES string of the molecule is c1ccc(O[C@H]2COC3(CCN(Cc4ccsc4)CC3)C2)nc1. The number of ether oxygens (including phenoxy) is 2. The van der Waals surface area contributed by atoms with Gasteiger partial charge in [0, 0.05) is 38.3 Å². The molecule has 5 heteroatoms. The molecule has 2 aliphatic heterocycles. The second-order valence-corrected chi connectivity index (χ2v) is 7.29. The molecule has 1 spiro atoms. The summed E-state index contributed by atoms with van der Waals surface area (Å²) in [6.45, 7) is 3.95. The summed E-state index contributed by atoms with van der Waals surface area (Å²) in [5.74, 6) is 0.702. The molecule has 23 heavy (non-hydrogen) atoms. The zero-order chi connectivity index (χ0) is 15.5. The van der Waals surface area contributed by atoms with Crippen molar-refractivity contribution >= 4 is 11.3 Å². The van der Waals surface area contributed by atoms with Crippen molar-refractivity contribution in [2.24, 2.45) is 0 Å². The minimum atomic E-state index is 0.0184. The molecular formula is C18H22N2O2S. The van der Waals surface area contributed by atoms with E-state index < -0.39 is 0 Å². The molecule has 0 radical (unpaired) electrons. The third-order valence-corrected chi connectivity index (χ3v) is 5.59. The van der Waals surface area contributed by atoms with Crippen LogP contribution in [0.25, 0.3) is 0 Å². The lowest BCUT2D eigenvalue weighted by Crippen LogP contribution is -2.44. The Hall–Kier alpha value is -1.43. The molecule has 0 aromatic carbocycles. The van der Waals surface area contributed by atoms with Crippen molar-refractivity contribution in [3.05, 3.63) is 46.8 Å². The summed E-state index contributed by atoms with van der Waals surface area (Å²) in [4.78, 5) is 6.78. The van der Waals surface area contributed by atoms with Crippen molar-refractivity contribution < 1.29 is 9.47 Å². The molecule has 0 bridgehead atoms. The number of piperidine rings is 1. The zero-order valence-electron chi connectivity index (χ0n) is 13.2. The Bertz CT molecular complexity index is 609. The summed E-state index contributed by atoms with van der Waals surface area (Å²) in [6, 6.07) is 7.99. The molecule has 2 aliphatic rings. The van der Waals surface area contributed by atoms with Gasteiger partial charge in [0.15, 0.2) is 0 Å². The monoisotopic (exact) mass is 330 g/mol. The summed E-state index contributed by atoms with van der Waals surface area (Å²) in [5.41, 5.74) is 1.44. The van der Waals surface area contributed by atoms with E-state index in [0.717, 1.165) is 38.9 Å². The van der Waals surface area contributed by atoms with Crippen molar-refractivity contribution in [3.8, 4) is 5.88 Å². The van der Waals surface area contributed by atoms with Crippen LogP contribution in [0.15, 0.2) is 41.2 Å². The third kappa shape index (κ3) is 3.57. The molecule has 1 atom stereocenters. The Morgan fingerprint density at radius 2 is 2.22 bits per heavy atom. The van der Waals surface area contributed by atoms with Crippen LogP contribution in [-0.4, -0.2) is 41.3 Å². The molecule has 0 saturated carbocycles. The number of hydrogen-bond donors (Lipinski definition) is 0. The van der Waals surface area contributed by atoms with Gasteiger partial charge in [-0.15, -0.1) is 0 Å². The highest BCUT2D eigenvalue weighted by atomic mass is 32.1.